The van der Waals surface area contributed by atoms with Crippen LogP contribution in [0.2, 0.25) is 0 Å². The Balaban J connectivity index is 0.803. The van der Waals surface area contributed by atoms with Crippen molar-refractivity contribution in [2.24, 2.45) is 0 Å². The maximum absolute atomic E-state index is 15.1. The van der Waals surface area contributed by atoms with Crippen LogP contribution < -0.4 is 26.4 Å². The number of aromatic nitrogens is 3. The SMILES string of the molecule is CCc1cc2ncc(CN3CCN(c4ccc(C(=O)NC5CC(Nc6cc7c(cc6F)C(=O)N([C@H]6CCC(=O)NC6=O)C7=O)C5)nc4)CC3)cc2[nH]c1=O. The number of aromatic amines is 1. The molecule has 8 rings (SSSR count). The third kappa shape index (κ3) is 6.68. The second kappa shape index (κ2) is 14.1. The fraction of sp³-hybridized carbons (Fsp3) is 0.368. The third-order valence-corrected chi connectivity index (χ3v) is 10.7. The van der Waals surface area contributed by atoms with E-state index in [-0.39, 0.29) is 58.9 Å². The molecule has 15 nitrogen and oxygen atoms in total. The van der Waals surface area contributed by atoms with Crippen LogP contribution in [0.5, 0.6) is 0 Å². The maximum atomic E-state index is 15.1. The molecular weight excluding hydrogens is 697 g/mol. The number of H-pyrrole nitrogens is 1. The quantitative estimate of drug-likeness (QED) is 0.184. The van der Waals surface area contributed by atoms with Crippen molar-refractivity contribution >= 4 is 51.9 Å². The molecule has 54 heavy (non-hydrogen) atoms. The highest BCUT2D eigenvalue weighted by molar-refractivity contribution is 6.23. The summed E-state index contributed by atoms with van der Waals surface area (Å²) < 4.78 is 15.1. The van der Waals surface area contributed by atoms with E-state index in [0.717, 1.165) is 71.5 Å². The molecule has 3 aromatic heterocycles. The van der Waals surface area contributed by atoms with Gasteiger partial charge in [-0.2, -0.15) is 0 Å². The van der Waals surface area contributed by atoms with E-state index in [1.807, 2.05) is 31.3 Å². The Morgan fingerprint density at radius 2 is 1.69 bits per heavy atom. The van der Waals surface area contributed by atoms with Gasteiger partial charge in [-0.25, -0.2) is 9.37 Å². The number of imide groups is 2. The van der Waals surface area contributed by atoms with Crippen LogP contribution in [0.1, 0.15) is 74.9 Å². The Kier molecular flexibility index (Phi) is 9.13. The van der Waals surface area contributed by atoms with Crippen molar-refractivity contribution in [2.75, 3.05) is 36.4 Å². The smallest absolute Gasteiger partial charge is 0.270 e. The molecule has 0 radical (unpaired) electrons. The maximum Gasteiger partial charge on any atom is 0.270 e. The Labute approximate surface area is 308 Å². The number of carbonyl (C=O) groups is 5. The zero-order chi connectivity index (χ0) is 37.7. The topological polar surface area (TPSA) is 190 Å². The number of nitrogens with zero attached hydrogens (tertiary/aromatic N) is 5. The minimum Gasteiger partial charge on any atom is -0.380 e. The molecular formula is C38H38FN9O6. The fourth-order valence-electron chi connectivity index (χ4n) is 7.58. The molecule has 1 atom stereocenters. The summed E-state index contributed by atoms with van der Waals surface area (Å²) in [5, 5.41) is 8.17. The molecule has 1 aromatic carbocycles. The van der Waals surface area contributed by atoms with Crippen LogP contribution in [0.25, 0.3) is 11.0 Å². The second-order valence-electron chi connectivity index (χ2n) is 14.2. The molecule has 0 spiro atoms. The first kappa shape index (κ1) is 35.0. The van der Waals surface area contributed by atoms with Crippen molar-refractivity contribution < 1.29 is 28.4 Å². The summed E-state index contributed by atoms with van der Waals surface area (Å²) in [6.45, 7) is 5.89. The number of nitrogens with one attached hydrogen (secondary N) is 4. The monoisotopic (exact) mass is 735 g/mol. The van der Waals surface area contributed by atoms with Crippen LogP contribution in [-0.4, -0.2) is 98.6 Å². The molecule has 0 bridgehead atoms. The van der Waals surface area contributed by atoms with Crippen LogP contribution in [-0.2, 0) is 22.6 Å². The normalized spacial score (nSPS) is 21.6. The molecule has 3 fully saturated rings. The molecule has 16 heteroatoms. The van der Waals surface area contributed by atoms with Crippen LogP contribution in [0.4, 0.5) is 15.8 Å². The predicted octanol–water partition coefficient (Wildman–Crippen LogP) is 2.12. The van der Waals surface area contributed by atoms with Gasteiger partial charge in [0.15, 0.2) is 0 Å². The van der Waals surface area contributed by atoms with Crippen molar-refractivity contribution in [1.29, 1.82) is 0 Å². The summed E-state index contributed by atoms with van der Waals surface area (Å²) >= 11 is 0. The lowest BCUT2D eigenvalue weighted by Gasteiger charge is -2.37. The summed E-state index contributed by atoms with van der Waals surface area (Å²) in [7, 11) is 0. The first-order chi connectivity index (χ1) is 26.0. The second-order valence-corrected chi connectivity index (χ2v) is 14.2. The van der Waals surface area contributed by atoms with E-state index in [1.165, 1.54) is 6.07 Å². The molecule has 4 aromatic rings. The number of aryl methyl sites for hydroxylation is 1. The van der Waals surface area contributed by atoms with Crippen molar-refractivity contribution in [3.05, 3.63) is 92.9 Å². The van der Waals surface area contributed by atoms with Gasteiger partial charge in [0, 0.05) is 63.0 Å². The Hall–Kier alpha value is -6.03. The molecule has 278 valence electrons. The number of benzene rings is 1. The number of halogens is 1. The molecule has 1 saturated carbocycles. The largest absolute Gasteiger partial charge is 0.380 e. The number of hydrogen-bond acceptors (Lipinski definition) is 11. The average molecular weight is 736 g/mol. The molecule has 2 saturated heterocycles. The van der Waals surface area contributed by atoms with E-state index < -0.39 is 35.5 Å². The Bertz CT molecular complexity index is 2260. The molecule has 1 aliphatic carbocycles. The van der Waals surface area contributed by atoms with Gasteiger partial charge < -0.3 is 20.5 Å². The summed E-state index contributed by atoms with van der Waals surface area (Å²) in [5.74, 6) is -3.73. The standard InChI is InChI=1S/C38H38FN9O6/c1-2-21-12-30-31(44-34(21)50)11-20(17-40-30)19-46-7-9-47(10-8-46)24-3-4-28(41-18-24)35(51)43-23-13-22(14-23)42-29-16-26-25(15-27(29)39)37(53)48(38(26)54)32-5-6-33(49)45-36(32)52/h3-4,11-12,15-18,22-23,32,42H,2,5-10,13-14,19H2,1H3,(H,43,51)(H,44,50)(H,45,49,52)/t22?,23?,32-/m0/s1. The molecule has 4 N–H and O–H groups in total. The minimum atomic E-state index is -1.14. The number of carbonyl (C=O) groups excluding carboxylic acids is 5. The van der Waals surface area contributed by atoms with E-state index in [9.17, 15) is 28.8 Å². The molecule has 6 heterocycles. The number of piperidine rings is 1. The van der Waals surface area contributed by atoms with E-state index in [4.69, 9.17) is 0 Å². The summed E-state index contributed by atoms with van der Waals surface area (Å²) in [5.41, 5.74) is 4.31. The summed E-state index contributed by atoms with van der Waals surface area (Å²) in [6, 6.07) is 8.21. The number of fused-ring (bicyclic) bond motifs is 2. The summed E-state index contributed by atoms with van der Waals surface area (Å²) in [6.07, 6.45) is 5.23. The lowest BCUT2D eigenvalue weighted by molar-refractivity contribution is -0.136. The molecule has 5 amide bonds. The number of pyridine rings is 3. The minimum absolute atomic E-state index is 0.00854. The molecule has 3 aliphatic heterocycles. The molecule has 0 unspecified atom stereocenters. The van der Waals surface area contributed by atoms with Crippen LogP contribution in [0.3, 0.4) is 0 Å². The van der Waals surface area contributed by atoms with Gasteiger partial charge in [0.25, 0.3) is 23.3 Å². The average Bonchev–Trinajstić information content (AvgIpc) is 3.38. The lowest BCUT2D eigenvalue weighted by Crippen LogP contribution is -2.54. The van der Waals surface area contributed by atoms with Crippen LogP contribution in [0, 0.1) is 5.82 Å². The predicted molar refractivity (Wildman–Crippen MR) is 194 cm³/mol. The summed E-state index contributed by atoms with van der Waals surface area (Å²) in [4.78, 5) is 92.5. The zero-order valence-electron chi connectivity index (χ0n) is 29.5. The number of anilines is 2. The van der Waals surface area contributed by atoms with Gasteiger partial charge in [0.2, 0.25) is 11.8 Å². The van der Waals surface area contributed by atoms with Gasteiger partial charge in [-0.05, 0) is 67.6 Å². The van der Waals surface area contributed by atoms with Crippen LogP contribution in [0.15, 0.2) is 53.6 Å². The lowest BCUT2D eigenvalue weighted by atomic mass is 9.86. The van der Waals surface area contributed by atoms with Crippen molar-refractivity contribution in [2.45, 2.75) is 63.7 Å². The highest BCUT2D eigenvalue weighted by atomic mass is 19.1. The van der Waals surface area contributed by atoms with Gasteiger partial charge >= 0.3 is 0 Å². The first-order valence-corrected chi connectivity index (χ1v) is 18.1. The Morgan fingerprint density at radius 1 is 0.926 bits per heavy atom. The highest BCUT2D eigenvalue weighted by Crippen LogP contribution is 2.33. The fourth-order valence-corrected chi connectivity index (χ4v) is 7.58. The number of rotatable bonds is 9. The Morgan fingerprint density at radius 3 is 2.39 bits per heavy atom. The molecule has 4 aliphatic rings. The van der Waals surface area contributed by atoms with Crippen molar-refractivity contribution in [3.63, 3.8) is 0 Å². The van der Waals surface area contributed by atoms with E-state index in [0.29, 0.717) is 19.3 Å². The number of amides is 5. The van der Waals surface area contributed by atoms with Gasteiger partial charge in [-0.3, -0.25) is 48.9 Å². The van der Waals surface area contributed by atoms with Gasteiger partial charge in [0.05, 0.1) is 39.7 Å². The zero-order valence-corrected chi connectivity index (χ0v) is 29.5. The van der Waals surface area contributed by atoms with Gasteiger partial charge in [-0.1, -0.05) is 6.92 Å². The van der Waals surface area contributed by atoms with Crippen molar-refractivity contribution in [3.8, 4) is 0 Å². The highest BCUT2D eigenvalue weighted by Gasteiger charge is 2.45. The van der Waals surface area contributed by atoms with Gasteiger partial charge in [-0.15, -0.1) is 0 Å². The van der Waals surface area contributed by atoms with Crippen molar-refractivity contribution in [1.82, 2.24) is 35.4 Å². The van der Waals surface area contributed by atoms with E-state index >= 15 is 4.39 Å². The third-order valence-electron chi connectivity index (χ3n) is 10.7. The van der Waals surface area contributed by atoms with Gasteiger partial charge in [0.1, 0.15) is 17.6 Å². The first-order valence-electron chi connectivity index (χ1n) is 18.1. The number of hydrogen-bond donors (Lipinski definition) is 4. The van der Waals surface area contributed by atoms with E-state index in [2.05, 4.69) is 40.7 Å². The number of piperazine rings is 1. The van der Waals surface area contributed by atoms with Crippen LogP contribution >= 0.6 is 0 Å². The van der Waals surface area contributed by atoms with E-state index in [1.54, 1.807) is 12.3 Å².